The monoisotopic (exact) mass is 424 g/mol. The van der Waals surface area contributed by atoms with Crippen LogP contribution >= 0.6 is 15.9 Å². The Bertz CT molecular complexity index is 942. The summed E-state index contributed by atoms with van der Waals surface area (Å²) in [5, 5.41) is 3.07. The van der Waals surface area contributed by atoms with Crippen LogP contribution in [0.3, 0.4) is 0 Å². The first-order valence-electron chi connectivity index (χ1n) is 9.48. The lowest BCUT2D eigenvalue weighted by molar-refractivity contribution is -0.135. The van der Waals surface area contributed by atoms with Crippen LogP contribution in [-0.2, 0) is 15.1 Å². The van der Waals surface area contributed by atoms with Gasteiger partial charge in [-0.15, -0.1) is 0 Å². The third kappa shape index (κ3) is 2.18. The molecule has 1 spiro atoms. The number of hydrogen-bond acceptors (Lipinski definition) is 3. The van der Waals surface area contributed by atoms with Crippen LogP contribution in [0.25, 0.3) is 0 Å². The topological polar surface area (TPSA) is 49.4 Å². The molecular weight excluding hydrogens is 404 g/mol. The molecule has 27 heavy (non-hydrogen) atoms. The number of benzene rings is 2. The van der Waals surface area contributed by atoms with E-state index in [1.807, 2.05) is 36.4 Å². The van der Waals surface area contributed by atoms with Crippen molar-refractivity contribution in [1.29, 1.82) is 0 Å². The molecule has 0 aromatic heterocycles. The third-order valence-electron chi connectivity index (χ3n) is 6.60. The van der Waals surface area contributed by atoms with Crippen LogP contribution < -0.4 is 5.32 Å². The normalized spacial score (nSPS) is 31.8. The maximum Gasteiger partial charge on any atom is 0.250 e. The molecule has 5 rings (SSSR count). The van der Waals surface area contributed by atoms with Crippen molar-refractivity contribution >= 4 is 33.3 Å². The smallest absolute Gasteiger partial charge is 0.250 e. The second-order valence-electron chi connectivity index (χ2n) is 7.83. The standard InChI is InChI=1S/C22H21BrN2O2/c1-13(26)20-19(14-8-10-15(23)11-9-14)18-7-4-12-25(18)22(20)16-5-2-3-6-17(16)24-21(22)27/h2-3,5-6,8-11,18-20H,4,7,12H2,1H3,(H,24,27)/t18-,19-,20+,22+/m0/s1. The average Bonchev–Trinajstić information content (AvgIpc) is 3.30. The number of hydrogen-bond donors (Lipinski definition) is 1. The van der Waals surface area contributed by atoms with Crippen molar-refractivity contribution < 1.29 is 9.59 Å². The highest BCUT2D eigenvalue weighted by atomic mass is 79.9. The molecule has 0 saturated carbocycles. The van der Waals surface area contributed by atoms with Gasteiger partial charge in [0.05, 0.1) is 5.92 Å². The van der Waals surface area contributed by atoms with Gasteiger partial charge in [-0.25, -0.2) is 0 Å². The van der Waals surface area contributed by atoms with Crippen molar-refractivity contribution in [2.45, 2.75) is 37.3 Å². The number of Topliss-reactive ketones (excluding diaryl/α,β-unsaturated/α-hetero) is 1. The summed E-state index contributed by atoms with van der Waals surface area (Å²) in [6.45, 7) is 2.50. The first kappa shape index (κ1) is 17.1. The van der Waals surface area contributed by atoms with E-state index in [1.54, 1.807) is 6.92 Å². The van der Waals surface area contributed by atoms with E-state index >= 15 is 0 Å². The Kier molecular flexibility index (Phi) is 3.82. The van der Waals surface area contributed by atoms with Crippen molar-refractivity contribution in [3.05, 3.63) is 64.1 Å². The van der Waals surface area contributed by atoms with Gasteiger partial charge in [-0.2, -0.15) is 0 Å². The van der Waals surface area contributed by atoms with Crippen molar-refractivity contribution in [2.75, 3.05) is 11.9 Å². The number of fused-ring (bicyclic) bond motifs is 4. The molecule has 2 aromatic carbocycles. The lowest BCUT2D eigenvalue weighted by Crippen LogP contribution is -2.52. The van der Waals surface area contributed by atoms with E-state index in [0.29, 0.717) is 0 Å². The second kappa shape index (κ2) is 6.01. The van der Waals surface area contributed by atoms with E-state index in [4.69, 9.17) is 0 Å². The Morgan fingerprint density at radius 1 is 1.19 bits per heavy atom. The van der Waals surface area contributed by atoms with Gasteiger partial charge in [-0.1, -0.05) is 46.3 Å². The summed E-state index contributed by atoms with van der Waals surface area (Å²) >= 11 is 3.50. The van der Waals surface area contributed by atoms with Crippen LogP contribution in [0.5, 0.6) is 0 Å². The van der Waals surface area contributed by atoms with E-state index in [9.17, 15) is 9.59 Å². The molecule has 0 radical (unpaired) electrons. The van der Waals surface area contributed by atoms with Crippen molar-refractivity contribution in [1.82, 2.24) is 4.90 Å². The lowest BCUT2D eigenvalue weighted by atomic mass is 9.70. The first-order chi connectivity index (χ1) is 13.0. The lowest BCUT2D eigenvalue weighted by Gasteiger charge is -2.36. The summed E-state index contributed by atoms with van der Waals surface area (Å²) in [4.78, 5) is 28.8. The molecule has 2 saturated heterocycles. The van der Waals surface area contributed by atoms with Crippen LogP contribution in [0.1, 0.15) is 36.8 Å². The van der Waals surface area contributed by atoms with Gasteiger partial charge in [0.2, 0.25) is 5.91 Å². The van der Waals surface area contributed by atoms with Crippen LogP contribution in [0, 0.1) is 5.92 Å². The molecular formula is C22H21BrN2O2. The Labute approximate surface area is 167 Å². The fourth-order valence-corrected chi connectivity index (χ4v) is 6.03. The molecule has 1 N–H and O–H groups in total. The van der Waals surface area contributed by atoms with Crippen LogP contribution in [0.4, 0.5) is 5.69 Å². The minimum absolute atomic E-state index is 0.0232. The van der Waals surface area contributed by atoms with Gasteiger partial charge in [0, 0.05) is 27.7 Å². The Morgan fingerprint density at radius 2 is 1.93 bits per heavy atom. The van der Waals surface area contributed by atoms with E-state index in [1.165, 1.54) is 0 Å². The molecule has 4 nitrogen and oxygen atoms in total. The highest BCUT2D eigenvalue weighted by Gasteiger charge is 2.68. The fraction of sp³-hybridized carbons (Fsp3) is 0.364. The molecule has 0 bridgehead atoms. The van der Waals surface area contributed by atoms with Gasteiger partial charge < -0.3 is 5.32 Å². The van der Waals surface area contributed by atoms with Gasteiger partial charge in [0.25, 0.3) is 0 Å². The molecule has 2 fully saturated rings. The number of nitrogens with zero attached hydrogens (tertiary/aromatic N) is 1. The molecule has 3 aliphatic rings. The summed E-state index contributed by atoms with van der Waals surface area (Å²) in [7, 11) is 0. The minimum Gasteiger partial charge on any atom is -0.324 e. The van der Waals surface area contributed by atoms with Gasteiger partial charge in [0.15, 0.2) is 0 Å². The largest absolute Gasteiger partial charge is 0.324 e. The minimum atomic E-state index is -0.888. The zero-order chi connectivity index (χ0) is 18.8. The quantitative estimate of drug-likeness (QED) is 0.790. The highest BCUT2D eigenvalue weighted by Crippen LogP contribution is 2.60. The predicted molar refractivity (Wildman–Crippen MR) is 108 cm³/mol. The van der Waals surface area contributed by atoms with Crippen LogP contribution in [0.15, 0.2) is 53.0 Å². The van der Waals surface area contributed by atoms with E-state index in [0.717, 1.165) is 40.7 Å². The maximum absolute atomic E-state index is 13.4. The Balaban J connectivity index is 1.76. The number of amides is 1. The summed E-state index contributed by atoms with van der Waals surface area (Å²) in [6.07, 6.45) is 2.07. The first-order valence-corrected chi connectivity index (χ1v) is 10.3. The Morgan fingerprint density at radius 3 is 2.67 bits per heavy atom. The van der Waals surface area contributed by atoms with Crippen molar-refractivity contribution in [2.24, 2.45) is 5.92 Å². The zero-order valence-electron chi connectivity index (χ0n) is 15.1. The van der Waals surface area contributed by atoms with Crippen molar-refractivity contribution in [3.63, 3.8) is 0 Å². The predicted octanol–water partition coefficient (Wildman–Crippen LogP) is 4.06. The summed E-state index contributed by atoms with van der Waals surface area (Å²) in [5.74, 6) is -0.317. The second-order valence-corrected chi connectivity index (χ2v) is 8.75. The molecule has 2 aromatic rings. The SMILES string of the molecule is CC(=O)[C@@H]1[C@@H](c2ccc(Br)cc2)[C@@H]2CCCN2[C@@]12C(=O)Nc1ccccc12. The van der Waals surface area contributed by atoms with E-state index in [-0.39, 0.29) is 29.6 Å². The van der Waals surface area contributed by atoms with Crippen molar-refractivity contribution in [3.8, 4) is 0 Å². The summed E-state index contributed by atoms with van der Waals surface area (Å²) in [5.41, 5.74) is 2.06. The number of para-hydroxylation sites is 1. The van der Waals surface area contributed by atoms with Crippen LogP contribution in [0.2, 0.25) is 0 Å². The molecule has 0 aliphatic carbocycles. The number of ketones is 1. The number of carbonyl (C=O) groups excluding carboxylic acids is 2. The molecule has 0 unspecified atom stereocenters. The number of anilines is 1. The zero-order valence-corrected chi connectivity index (χ0v) is 16.7. The number of rotatable bonds is 2. The summed E-state index contributed by atoms with van der Waals surface area (Å²) in [6, 6.07) is 16.3. The molecule has 138 valence electrons. The molecule has 5 heteroatoms. The fourth-order valence-electron chi connectivity index (χ4n) is 5.77. The van der Waals surface area contributed by atoms with Crippen LogP contribution in [-0.4, -0.2) is 29.2 Å². The van der Waals surface area contributed by atoms with E-state index in [2.05, 4.69) is 38.3 Å². The number of nitrogens with one attached hydrogen (secondary N) is 1. The third-order valence-corrected chi connectivity index (χ3v) is 7.13. The molecule has 3 heterocycles. The number of carbonyl (C=O) groups is 2. The van der Waals surface area contributed by atoms with Gasteiger partial charge >= 0.3 is 0 Å². The number of halogens is 1. The maximum atomic E-state index is 13.4. The van der Waals surface area contributed by atoms with E-state index < -0.39 is 5.54 Å². The van der Waals surface area contributed by atoms with Gasteiger partial charge in [-0.05, 0) is 50.1 Å². The van der Waals surface area contributed by atoms with Gasteiger partial charge in [-0.3, -0.25) is 14.5 Å². The van der Waals surface area contributed by atoms with Gasteiger partial charge in [0.1, 0.15) is 11.3 Å². The summed E-state index contributed by atoms with van der Waals surface area (Å²) < 4.78 is 1.02. The molecule has 4 atom stereocenters. The average molecular weight is 425 g/mol. The molecule has 1 amide bonds. The molecule has 3 aliphatic heterocycles. The highest BCUT2D eigenvalue weighted by molar-refractivity contribution is 9.10. The Hall–Kier alpha value is -1.98.